The Hall–Kier alpha value is -1.58. The zero-order valence-corrected chi connectivity index (χ0v) is 11.4. The van der Waals surface area contributed by atoms with Crippen molar-refractivity contribution in [3.05, 3.63) is 34.0 Å². The highest BCUT2D eigenvalue weighted by atomic mass is 19.1. The van der Waals surface area contributed by atoms with Crippen molar-refractivity contribution in [2.24, 2.45) is 5.92 Å². The lowest BCUT2D eigenvalue weighted by Crippen LogP contribution is -2.25. The summed E-state index contributed by atoms with van der Waals surface area (Å²) in [6.07, 6.45) is 4.28. The van der Waals surface area contributed by atoms with E-state index in [1.54, 1.807) is 17.6 Å². The van der Waals surface area contributed by atoms with Crippen molar-refractivity contribution in [2.75, 3.05) is 0 Å². The predicted octanol–water partition coefficient (Wildman–Crippen LogP) is 3.53. The van der Waals surface area contributed by atoms with Crippen molar-refractivity contribution in [1.29, 1.82) is 0 Å². The number of aryl methyl sites for hydroxylation is 1. The van der Waals surface area contributed by atoms with Gasteiger partial charge in [0, 0.05) is 12.1 Å². The number of nitrogens with zero attached hydrogens (tertiary/aromatic N) is 1. The van der Waals surface area contributed by atoms with E-state index in [9.17, 15) is 9.18 Å². The molecule has 4 heteroatoms. The molecule has 0 atom stereocenters. The van der Waals surface area contributed by atoms with Gasteiger partial charge in [0.05, 0.1) is 11.0 Å². The smallest absolute Gasteiger partial charge is 0.306 e. The molecule has 1 aromatic carbocycles. The number of fused-ring (bicyclic) bond motifs is 1. The summed E-state index contributed by atoms with van der Waals surface area (Å²) in [5, 5.41) is 0. The Balaban J connectivity index is 2.10. The van der Waals surface area contributed by atoms with Crippen molar-refractivity contribution in [3.8, 4) is 0 Å². The molecule has 1 aromatic heterocycles. The zero-order chi connectivity index (χ0) is 13.6. The van der Waals surface area contributed by atoms with Crippen LogP contribution in [0.5, 0.6) is 0 Å². The van der Waals surface area contributed by atoms with Gasteiger partial charge in [0.15, 0.2) is 0 Å². The molecule has 1 aliphatic rings. The molecule has 0 spiro atoms. The van der Waals surface area contributed by atoms with Gasteiger partial charge in [-0.15, -0.1) is 0 Å². The third-order valence-electron chi connectivity index (χ3n) is 4.35. The Labute approximate surface area is 111 Å². The van der Waals surface area contributed by atoms with Crippen LogP contribution in [0.3, 0.4) is 0 Å². The zero-order valence-electron chi connectivity index (χ0n) is 11.4. The van der Waals surface area contributed by atoms with Crippen molar-refractivity contribution >= 4 is 11.0 Å². The second kappa shape index (κ2) is 4.51. The first-order chi connectivity index (χ1) is 9.06. The monoisotopic (exact) mass is 262 g/mol. The number of benzene rings is 1. The Kier molecular flexibility index (Phi) is 2.96. The number of hydrogen-bond acceptors (Lipinski definition) is 1. The molecule has 0 saturated heterocycles. The summed E-state index contributed by atoms with van der Waals surface area (Å²) in [6, 6.07) is 3.41. The van der Waals surface area contributed by atoms with Gasteiger partial charge in [-0.1, -0.05) is 6.92 Å². The van der Waals surface area contributed by atoms with E-state index in [2.05, 4.69) is 11.9 Å². The molecule has 1 saturated carbocycles. The number of nitrogens with one attached hydrogen (secondary N) is 1. The molecule has 1 aliphatic carbocycles. The summed E-state index contributed by atoms with van der Waals surface area (Å²) in [5.41, 5.74) is 1.90. The Morgan fingerprint density at radius 2 is 1.95 bits per heavy atom. The molecule has 0 bridgehead atoms. The first-order valence-electron chi connectivity index (χ1n) is 6.96. The third-order valence-corrected chi connectivity index (χ3v) is 4.35. The number of hydrogen-bond donors (Lipinski definition) is 1. The highest BCUT2D eigenvalue weighted by molar-refractivity contribution is 5.76. The fraction of sp³-hybridized carbons (Fsp3) is 0.533. The van der Waals surface area contributed by atoms with Gasteiger partial charge in [-0.3, -0.25) is 4.57 Å². The second-order valence-corrected chi connectivity index (χ2v) is 5.83. The summed E-state index contributed by atoms with van der Waals surface area (Å²) in [5.74, 6) is 0.487. The van der Waals surface area contributed by atoms with Crippen molar-refractivity contribution in [3.63, 3.8) is 0 Å². The molecule has 0 amide bonds. The van der Waals surface area contributed by atoms with E-state index in [0.717, 1.165) is 37.1 Å². The third kappa shape index (κ3) is 2.09. The van der Waals surface area contributed by atoms with Crippen LogP contribution in [0.15, 0.2) is 16.9 Å². The van der Waals surface area contributed by atoms with Crippen molar-refractivity contribution in [2.45, 2.75) is 45.6 Å². The van der Waals surface area contributed by atoms with E-state index in [0.29, 0.717) is 11.1 Å². The molecule has 19 heavy (non-hydrogen) atoms. The molecule has 1 N–H and O–H groups in total. The van der Waals surface area contributed by atoms with Gasteiger partial charge in [0.1, 0.15) is 5.82 Å². The minimum Gasteiger partial charge on any atom is -0.306 e. The van der Waals surface area contributed by atoms with Crippen LogP contribution in [0.4, 0.5) is 4.39 Å². The molecule has 1 heterocycles. The summed E-state index contributed by atoms with van der Waals surface area (Å²) in [7, 11) is 0. The average molecular weight is 262 g/mol. The van der Waals surface area contributed by atoms with Gasteiger partial charge in [-0.05, 0) is 50.2 Å². The summed E-state index contributed by atoms with van der Waals surface area (Å²) >= 11 is 0. The number of halogens is 1. The number of aromatic amines is 1. The molecule has 2 aromatic rings. The van der Waals surface area contributed by atoms with Crippen LogP contribution in [0.2, 0.25) is 0 Å². The minimum absolute atomic E-state index is 0.112. The first-order valence-corrected chi connectivity index (χ1v) is 6.96. The van der Waals surface area contributed by atoms with Gasteiger partial charge >= 0.3 is 5.69 Å². The molecule has 3 rings (SSSR count). The molecule has 102 valence electrons. The van der Waals surface area contributed by atoms with Crippen LogP contribution in [0.25, 0.3) is 11.0 Å². The van der Waals surface area contributed by atoms with Gasteiger partial charge in [0.2, 0.25) is 0 Å². The Morgan fingerprint density at radius 1 is 1.26 bits per heavy atom. The van der Waals surface area contributed by atoms with Crippen LogP contribution in [-0.4, -0.2) is 9.55 Å². The van der Waals surface area contributed by atoms with Gasteiger partial charge in [0.25, 0.3) is 0 Å². The van der Waals surface area contributed by atoms with Crippen LogP contribution in [0, 0.1) is 18.7 Å². The Morgan fingerprint density at radius 3 is 2.63 bits per heavy atom. The highest BCUT2D eigenvalue weighted by Crippen LogP contribution is 2.32. The number of H-pyrrole nitrogens is 1. The molecule has 3 nitrogen and oxygen atoms in total. The molecular weight excluding hydrogens is 243 g/mol. The predicted molar refractivity (Wildman–Crippen MR) is 73.9 cm³/mol. The van der Waals surface area contributed by atoms with Gasteiger partial charge < -0.3 is 4.98 Å². The SMILES string of the molecule is Cc1cc2[nH]c(=O)n(C3CCC(C)CC3)c2cc1F. The van der Waals surface area contributed by atoms with E-state index >= 15 is 0 Å². The molecule has 0 unspecified atom stereocenters. The lowest BCUT2D eigenvalue weighted by molar-refractivity contribution is 0.290. The molecule has 0 aliphatic heterocycles. The largest absolute Gasteiger partial charge is 0.326 e. The molecular formula is C15H19FN2O. The van der Waals surface area contributed by atoms with Crippen LogP contribution < -0.4 is 5.69 Å². The van der Waals surface area contributed by atoms with E-state index in [1.807, 2.05) is 0 Å². The van der Waals surface area contributed by atoms with Gasteiger partial charge in [-0.2, -0.15) is 0 Å². The summed E-state index contributed by atoms with van der Waals surface area (Å²) in [6.45, 7) is 3.96. The van der Waals surface area contributed by atoms with E-state index in [-0.39, 0.29) is 17.5 Å². The summed E-state index contributed by atoms with van der Waals surface area (Å²) in [4.78, 5) is 15.0. The first kappa shape index (κ1) is 12.5. The highest BCUT2D eigenvalue weighted by Gasteiger charge is 2.23. The maximum Gasteiger partial charge on any atom is 0.326 e. The lowest BCUT2D eigenvalue weighted by atomic mass is 9.87. The molecule has 0 radical (unpaired) electrons. The molecule has 1 fully saturated rings. The van der Waals surface area contributed by atoms with E-state index in [1.165, 1.54) is 6.07 Å². The Bertz CT molecular complexity index is 663. The fourth-order valence-electron chi connectivity index (χ4n) is 3.12. The average Bonchev–Trinajstić information content (AvgIpc) is 2.67. The maximum atomic E-state index is 13.7. The van der Waals surface area contributed by atoms with Crippen molar-refractivity contribution in [1.82, 2.24) is 9.55 Å². The standard InChI is InChI=1S/C15H19FN2O/c1-9-3-5-11(6-4-9)18-14-8-12(16)10(2)7-13(14)17-15(18)19/h7-9,11H,3-6H2,1-2H3,(H,17,19). The van der Waals surface area contributed by atoms with Gasteiger partial charge in [-0.25, -0.2) is 9.18 Å². The van der Waals surface area contributed by atoms with Crippen LogP contribution in [0.1, 0.15) is 44.2 Å². The number of rotatable bonds is 1. The summed E-state index contributed by atoms with van der Waals surface area (Å²) < 4.78 is 15.5. The maximum absolute atomic E-state index is 13.7. The topological polar surface area (TPSA) is 37.8 Å². The van der Waals surface area contributed by atoms with Crippen molar-refractivity contribution < 1.29 is 4.39 Å². The number of aromatic nitrogens is 2. The minimum atomic E-state index is -0.246. The fourth-order valence-corrected chi connectivity index (χ4v) is 3.12. The number of imidazole rings is 1. The van der Waals surface area contributed by atoms with E-state index in [4.69, 9.17) is 0 Å². The second-order valence-electron chi connectivity index (χ2n) is 5.83. The normalized spacial score (nSPS) is 23.9. The quantitative estimate of drug-likeness (QED) is 0.838. The van der Waals surface area contributed by atoms with Crippen LogP contribution in [-0.2, 0) is 0 Å². The van der Waals surface area contributed by atoms with E-state index < -0.39 is 0 Å². The lowest BCUT2D eigenvalue weighted by Gasteiger charge is -2.27. The van der Waals surface area contributed by atoms with Crippen LogP contribution >= 0.6 is 0 Å².